The fraction of sp³-hybridized carbons (Fsp3) is 0.375. The van der Waals surface area contributed by atoms with Crippen LogP contribution in [-0.2, 0) is 27.3 Å². The van der Waals surface area contributed by atoms with Gasteiger partial charge in [-0.05, 0) is 80.1 Å². The van der Waals surface area contributed by atoms with Gasteiger partial charge in [0.05, 0.1) is 26.0 Å². The van der Waals surface area contributed by atoms with Gasteiger partial charge in [-0.15, -0.1) is 0 Å². The third-order valence-electron chi connectivity index (χ3n) is 7.75. The number of carboxylic acid groups (broad SMARTS) is 1. The molecule has 10 nitrogen and oxygen atoms in total. The normalized spacial score (nSPS) is 14.2. The second-order valence-electron chi connectivity index (χ2n) is 11.0. The molecule has 2 N–H and O–H groups in total. The van der Waals surface area contributed by atoms with E-state index in [-0.39, 0.29) is 18.2 Å². The fourth-order valence-corrected chi connectivity index (χ4v) is 5.42. The first-order valence-electron chi connectivity index (χ1n) is 14.3. The van der Waals surface area contributed by atoms with Crippen molar-refractivity contribution in [2.24, 2.45) is 0 Å². The molecule has 3 heterocycles. The number of fused-ring (bicyclic) bond motifs is 1. The average molecular weight is 572 g/mol. The van der Waals surface area contributed by atoms with Crippen LogP contribution in [0.4, 0.5) is 5.69 Å². The van der Waals surface area contributed by atoms with Gasteiger partial charge < -0.3 is 24.6 Å². The number of nitrogens with zero attached hydrogens (tertiary/aromatic N) is 4. The molecule has 1 aliphatic heterocycles. The summed E-state index contributed by atoms with van der Waals surface area (Å²) in [6.45, 7) is 8.61. The van der Waals surface area contributed by atoms with Gasteiger partial charge in [0, 0.05) is 54.1 Å². The van der Waals surface area contributed by atoms with Gasteiger partial charge in [0.25, 0.3) is 5.91 Å². The summed E-state index contributed by atoms with van der Waals surface area (Å²) in [6.07, 6.45) is 6.77. The van der Waals surface area contributed by atoms with E-state index in [0.29, 0.717) is 56.9 Å². The third kappa shape index (κ3) is 6.54. The van der Waals surface area contributed by atoms with Gasteiger partial charge >= 0.3 is 5.97 Å². The number of carbonyl (C=O) groups is 3. The van der Waals surface area contributed by atoms with E-state index < -0.39 is 12.0 Å². The van der Waals surface area contributed by atoms with Crippen molar-refractivity contribution in [3.05, 3.63) is 82.8 Å². The third-order valence-corrected chi connectivity index (χ3v) is 7.75. The van der Waals surface area contributed by atoms with Crippen molar-refractivity contribution in [2.75, 3.05) is 31.6 Å². The minimum Gasteiger partial charge on any atom is -0.481 e. The molecule has 10 heteroatoms. The van der Waals surface area contributed by atoms with Crippen LogP contribution in [-0.4, -0.2) is 68.4 Å². The Bertz CT molecular complexity index is 1610. The van der Waals surface area contributed by atoms with E-state index in [1.807, 2.05) is 83.7 Å². The molecular weight excluding hydrogens is 534 g/mol. The lowest BCUT2D eigenvalue weighted by Gasteiger charge is -2.27. The van der Waals surface area contributed by atoms with Crippen LogP contribution in [0.3, 0.4) is 0 Å². The molecule has 0 spiro atoms. The number of carboxylic acids is 1. The van der Waals surface area contributed by atoms with Gasteiger partial charge in [0.15, 0.2) is 0 Å². The molecule has 5 rings (SSSR count). The van der Waals surface area contributed by atoms with Crippen LogP contribution in [0.15, 0.2) is 55.0 Å². The van der Waals surface area contributed by atoms with Gasteiger partial charge in [0.1, 0.15) is 6.04 Å². The van der Waals surface area contributed by atoms with Crippen molar-refractivity contribution >= 4 is 34.4 Å². The summed E-state index contributed by atoms with van der Waals surface area (Å²) in [7, 11) is 0. The molecule has 2 amide bonds. The van der Waals surface area contributed by atoms with E-state index in [2.05, 4.69) is 10.4 Å². The number of aromatic nitrogens is 3. The van der Waals surface area contributed by atoms with Crippen molar-refractivity contribution in [1.29, 1.82) is 0 Å². The van der Waals surface area contributed by atoms with Crippen molar-refractivity contribution < 1.29 is 24.2 Å². The maximum absolute atomic E-state index is 13.6. The molecule has 220 valence electrons. The molecular formula is C32H37N5O5. The Balaban J connectivity index is 1.37. The van der Waals surface area contributed by atoms with Crippen LogP contribution in [0.5, 0.6) is 0 Å². The van der Waals surface area contributed by atoms with Crippen LogP contribution < -0.4 is 5.32 Å². The summed E-state index contributed by atoms with van der Waals surface area (Å²) in [5, 5.41) is 17.5. The van der Waals surface area contributed by atoms with Gasteiger partial charge in [-0.2, -0.15) is 5.10 Å². The Labute approximate surface area is 244 Å². The lowest BCUT2D eigenvalue weighted by atomic mass is 10.0. The first-order valence-corrected chi connectivity index (χ1v) is 14.3. The first kappa shape index (κ1) is 29.1. The topological polar surface area (TPSA) is 119 Å². The zero-order valence-corrected chi connectivity index (χ0v) is 24.3. The molecule has 0 aliphatic carbocycles. The number of anilines is 1. The number of morpholine rings is 1. The summed E-state index contributed by atoms with van der Waals surface area (Å²) < 4.78 is 9.15. The molecule has 1 saturated heterocycles. The van der Waals surface area contributed by atoms with E-state index in [1.165, 1.54) is 0 Å². The molecule has 0 radical (unpaired) electrons. The van der Waals surface area contributed by atoms with Crippen LogP contribution in [0.25, 0.3) is 10.9 Å². The van der Waals surface area contributed by atoms with E-state index in [4.69, 9.17) is 9.84 Å². The summed E-state index contributed by atoms with van der Waals surface area (Å²) in [5.41, 5.74) is 6.07. The summed E-state index contributed by atoms with van der Waals surface area (Å²) in [4.78, 5) is 39.6. The van der Waals surface area contributed by atoms with Crippen LogP contribution in [0.2, 0.25) is 0 Å². The number of amides is 2. The highest BCUT2D eigenvalue weighted by Crippen LogP contribution is 2.28. The Morgan fingerprint density at radius 2 is 1.86 bits per heavy atom. The Morgan fingerprint density at radius 3 is 2.57 bits per heavy atom. The highest BCUT2D eigenvalue weighted by molar-refractivity contribution is 6.00. The summed E-state index contributed by atoms with van der Waals surface area (Å²) in [5.74, 6) is -1.05. The van der Waals surface area contributed by atoms with Crippen LogP contribution in [0, 0.1) is 13.8 Å². The van der Waals surface area contributed by atoms with Crippen LogP contribution >= 0.6 is 0 Å². The number of carbonyl (C=O) groups excluding carboxylic acids is 2. The molecule has 1 unspecified atom stereocenters. The van der Waals surface area contributed by atoms with Gasteiger partial charge in [-0.3, -0.25) is 19.1 Å². The number of ether oxygens (including phenoxy) is 1. The quantitative estimate of drug-likeness (QED) is 0.288. The molecule has 1 fully saturated rings. The van der Waals surface area contributed by atoms with Crippen molar-refractivity contribution in [2.45, 2.75) is 52.6 Å². The SMILES string of the molecule is Cc1cnn(Cc2ccc(CCCC(=O)O)c(NC(=O)C(C)n3cc(C)c4cc(C(=O)N5CCOCC5)ccc43)c2)c1. The van der Waals surface area contributed by atoms with E-state index in [1.54, 1.807) is 6.20 Å². The fourth-order valence-electron chi connectivity index (χ4n) is 5.42. The summed E-state index contributed by atoms with van der Waals surface area (Å²) >= 11 is 0. The molecule has 1 atom stereocenters. The Hall–Kier alpha value is -4.44. The van der Waals surface area contributed by atoms with Crippen molar-refractivity contribution in [3.63, 3.8) is 0 Å². The number of aryl methyl sites for hydroxylation is 3. The average Bonchev–Trinajstić information content (AvgIpc) is 3.55. The zero-order chi connectivity index (χ0) is 29.8. The Morgan fingerprint density at radius 1 is 1.07 bits per heavy atom. The first-order chi connectivity index (χ1) is 20.2. The minimum atomic E-state index is -0.843. The number of hydrogen-bond donors (Lipinski definition) is 2. The molecule has 0 bridgehead atoms. The highest BCUT2D eigenvalue weighted by atomic mass is 16.5. The maximum Gasteiger partial charge on any atom is 0.303 e. The van der Waals surface area contributed by atoms with Crippen molar-refractivity contribution in [1.82, 2.24) is 19.2 Å². The molecule has 1 aliphatic rings. The van der Waals surface area contributed by atoms with Gasteiger partial charge in [-0.1, -0.05) is 12.1 Å². The highest BCUT2D eigenvalue weighted by Gasteiger charge is 2.22. The minimum absolute atomic E-state index is 0.0151. The smallest absolute Gasteiger partial charge is 0.303 e. The van der Waals surface area contributed by atoms with E-state index in [0.717, 1.165) is 33.2 Å². The van der Waals surface area contributed by atoms with Gasteiger partial charge in [-0.25, -0.2) is 0 Å². The largest absolute Gasteiger partial charge is 0.481 e. The van der Waals surface area contributed by atoms with Crippen molar-refractivity contribution in [3.8, 4) is 0 Å². The number of nitrogens with one attached hydrogen (secondary N) is 1. The molecule has 4 aromatic rings. The molecule has 2 aromatic carbocycles. The predicted molar refractivity (Wildman–Crippen MR) is 160 cm³/mol. The second kappa shape index (κ2) is 12.6. The van der Waals surface area contributed by atoms with Gasteiger partial charge in [0.2, 0.25) is 5.91 Å². The molecule has 0 saturated carbocycles. The predicted octanol–water partition coefficient (Wildman–Crippen LogP) is 4.58. The Kier molecular flexibility index (Phi) is 8.72. The number of hydrogen-bond acceptors (Lipinski definition) is 5. The second-order valence-corrected chi connectivity index (χ2v) is 11.0. The summed E-state index contributed by atoms with van der Waals surface area (Å²) in [6, 6.07) is 11.0. The lowest BCUT2D eigenvalue weighted by molar-refractivity contribution is -0.137. The number of aliphatic carboxylic acids is 1. The van der Waals surface area contributed by atoms with Crippen LogP contribution in [0.1, 0.15) is 58.4 Å². The monoisotopic (exact) mass is 571 g/mol. The lowest BCUT2D eigenvalue weighted by Crippen LogP contribution is -2.40. The van der Waals surface area contributed by atoms with E-state index in [9.17, 15) is 14.4 Å². The standard InChI is InChI=1S/C32H37N5O5/c1-21-17-33-36(18-21)20-24-7-8-25(5-4-6-30(38)39)28(15-24)34-31(40)23(3)37-19-22(2)27-16-26(9-10-29(27)37)32(41)35-11-13-42-14-12-35/h7-10,15-19,23H,4-6,11-14,20H2,1-3H3,(H,34,40)(H,38,39). The maximum atomic E-state index is 13.6. The number of benzene rings is 2. The number of rotatable bonds is 10. The van der Waals surface area contributed by atoms with E-state index >= 15 is 0 Å². The molecule has 2 aromatic heterocycles. The molecule has 42 heavy (non-hydrogen) atoms. The zero-order valence-electron chi connectivity index (χ0n) is 24.3.